The van der Waals surface area contributed by atoms with Gasteiger partial charge >= 0.3 is 23.5 Å². The number of hydrogen-bond donors (Lipinski definition) is 9. The van der Waals surface area contributed by atoms with E-state index in [4.69, 9.17) is 34.0 Å². The predicted octanol–water partition coefficient (Wildman–Crippen LogP) is -2.85. The lowest BCUT2D eigenvalue weighted by Gasteiger charge is -2.24. The fourth-order valence-corrected chi connectivity index (χ4v) is 8.57. The van der Waals surface area contributed by atoms with Crippen molar-refractivity contribution in [1.29, 1.82) is 0 Å². The number of phosphoric ester groups is 1. The Bertz CT molecular complexity index is 2050. The minimum Gasteiger partial charge on any atom is -0.387 e. The fourth-order valence-electron chi connectivity index (χ4n) is 4.99. The van der Waals surface area contributed by atoms with Gasteiger partial charge in [-0.25, -0.2) is 38.6 Å². The van der Waals surface area contributed by atoms with Crippen LogP contribution in [0.4, 0.5) is 5.82 Å². The number of imidazole rings is 2. The first-order valence-corrected chi connectivity index (χ1v) is 18.0. The highest BCUT2D eigenvalue weighted by Crippen LogP contribution is 2.68. The van der Waals surface area contributed by atoms with Gasteiger partial charge in [-0.2, -0.15) is 8.62 Å². The maximum Gasteiger partial charge on any atom is 0.490 e. The van der Waals surface area contributed by atoms with Gasteiger partial charge in [-0.3, -0.25) is 23.0 Å². The number of hydrogen-bond acceptors (Lipinski definition) is 20. The molecule has 29 heteroatoms. The number of rotatable bonds is 12. The summed E-state index contributed by atoms with van der Waals surface area (Å²) in [6, 6.07) is 0. The molecule has 0 saturated carbocycles. The molecule has 0 spiro atoms. The van der Waals surface area contributed by atoms with E-state index in [0.29, 0.717) is 0 Å². The van der Waals surface area contributed by atoms with Gasteiger partial charge in [-0.1, -0.05) is 0 Å². The van der Waals surface area contributed by atoms with Crippen LogP contribution >= 0.6 is 23.5 Å². The van der Waals surface area contributed by atoms with Gasteiger partial charge in [0.25, 0.3) is 5.56 Å². The molecular formula is C20H26N9O17P3. The van der Waals surface area contributed by atoms with Crippen LogP contribution in [0.15, 0.2) is 30.1 Å². The van der Waals surface area contributed by atoms with Crippen LogP contribution in [0.1, 0.15) is 12.5 Å². The van der Waals surface area contributed by atoms with Crippen molar-refractivity contribution in [2.24, 2.45) is 0 Å². The van der Waals surface area contributed by atoms with Gasteiger partial charge in [0, 0.05) is 0 Å². The Morgan fingerprint density at radius 1 is 0.776 bits per heavy atom. The molecule has 26 nitrogen and oxygen atoms in total. The molecule has 0 aromatic carbocycles. The van der Waals surface area contributed by atoms with E-state index in [0.717, 1.165) is 23.5 Å². The molecule has 4 aromatic heterocycles. The first-order valence-electron chi connectivity index (χ1n) is 13.5. The molecule has 4 aromatic rings. The zero-order chi connectivity index (χ0) is 35.5. The molecule has 6 heterocycles. The second kappa shape index (κ2) is 13.2. The number of nitrogens with one attached hydrogen (secondary N) is 1. The van der Waals surface area contributed by atoms with Crippen molar-refractivity contribution in [2.75, 3.05) is 18.9 Å². The summed E-state index contributed by atoms with van der Waals surface area (Å²) in [7, 11) is -17.2. The summed E-state index contributed by atoms with van der Waals surface area (Å²) < 4.78 is 68.9. The van der Waals surface area contributed by atoms with Crippen LogP contribution in [0, 0.1) is 0 Å². The number of aromatic amines is 1. The van der Waals surface area contributed by atoms with Crippen molar-refractivity contribution in [3.8, 4) is 0 Å². The number of nitrogen functional groups attached to an aromatic ring is 1. The monoisotopic (exact) mass is 757 g/mol. The molecule has 2 aliphatic heterocycles. The molecular weight excluding hydrogens is 731 g/mol. The highest BCUT2D eigenvalue weighted by molar-refractivity contribution is 7.66. The van der Waals surface area contributed by atoms with E-state index in [-0.39, 0.29) is 28.1 Å². The topological polar surface area (TPSA) is 381 Å². The average molecular weight is 757 g/mol. The van der Waals surface area contributed by atoms with Gasteiger partial charge in [-0.15, -0.1) is 0 Å². The lowest BCUT2D eigenvalue weighted by atomic mass is 10.1. The average Bonchev–Trinajstić information content (AvgIpc) is 3.76. The molecule has 0 radical (unpaired) electrons. The minimum atomic E-state index is -5.95. The normalized spacial score (nSPS) is 30.2. The molecule has 10 atom stereocenters. The SMILES string of the molecule is Nc1ncnc2c1ncn2[C@@H]1O[C@H](COP(=O)(OC[C@H]2O[C@@H](n3cnc4c(=O)[nH]cnc43)[C@H](O)[C@@H]2O)OP(=O)(O)OP(=O)(O)O)[C@@H](O)[C@H]1O. The Morgan fingerprint density at radius 3 is 1.86 bits per heavy atom. The lowest BCUT2D eigenvalue weighted by Crippen LogP contribution is -2.34. The molecule has 0 bridgehead atoms. The number of aromatic nitrogens is 8. The quantitative estimate of drug-likeness (QED) is 0.0656. The summed E-state index contributed by atoms with van der Waals surface area (Å²) in [6.45, 7) is -2.09. The van der Waals surface area contributed by atoms with Gasteiger partial charge in [0.05, 0.1) is 32.2 Å². The van der Waals surface area contributed by atoms with Crippen molar-refractivity contribution in [3.63, 3.8) is 0 Å². The van der Waals surface area contributed by atoms with Crippen LogP contribution in [0.2, 0.25) is 0 Å². The number of aliphatic hydroxyl groups excluding tert-OH is 4. The number of aliphatic hydroxyl groups is 4. The van der Waals surface area contributed by atoms with E-state index in [1.54, 1.807) is 0 Å². The molecule has 2 unspecified atom stereocenters. The number of H-pyrrole nitrogens is 1. The Labute approximate surface area is 270 Å². The third-order valence-corrected chi connectivity index (χ3v) is 11.4. The van der Waals surface area contributed by atoms with Crippen LogP contribution < -0.4 is 11.3 Å². The number of nitrogens with two attached hydrogens (primary N) is 1. The van der Waals surface area contributed by atoms with Gasteiger partial charge in [0.2, 0.25) is 0 Å². The second-order valence-corrected chi connectivity index (χ2v) is 15.0. The van der Waals surface area contributed by atoms with E-state index in [1.165, 1.54) is 10.9 Å². The van der Waals surface area contributed by atoms with E-state index in [1.807, 2.05) is 0 Å². The zero-order valence-corrected chi connectivity index (χ0v) is 26.8. The smallest absolute Gasteiger partial charge is 0.387 e. The summed E-state index contributed by atoms with van der Waals surface area (Å²) in [5.74, 6) is -0.00152. The standard InChI is InChI=1S/C20H26N9O17P3/c21-15-9-16(23-3-22-15)28(5-26-9)19-13(32)11(30)7(43-19)1-41-49(40,46-48(38,39)45-47(35,36)37)42-2-8-12(31)14(33)20(44-8)29-6-27-10-17(29)24-4-25-18(10)34/h3-8,11-14,19-20,30-33H,1-2H2,(H,38,39)(H2,21,22,23)(H,24,25,34)(H2,35,36,37)/t7-,8-,11-,12-,13-,14-,19-,20-,49?/m1/s1. The summed E-state index contributed by atoms with van der Waals surface area (Å²) in [6.07, 6.45) is -8.67. The third-order valence-electron chi connectivity index (χ3n) is 7.18. The molecule has 0 aliphatic carbocycles. The first-order chi connectivity index (χ1) is 23.0. The molecule has 10 N–H and O–H groups in total. The van der Waals surface area contributed by atoms with Crippen LogP contribution in [-0.4, -0.2) is 124 Å². The number of fused-ring (bicyclic) bond motifs is 2. The maximum absolute atomic E-state index is 13.6. The Morgan fingerprint density at radius 2 is 1.31 bits per heavy atom. The first kappa shape index (κ1) is 35.7. The van der Waals surface area contributed by atoms with Crippen LogP contribution in [0.25, 0.3) is 22.3 Å². The van der Waals surface area contributed by atoms with Gasteiger partial charge in [-0.05, 0) is 0 Å². The van der Waals surface area contributed by atoms with Gasteiger partial charge < -0.3 is 55.3 Å². The van der Waals surface area contributed by atoms with Gasteiger partial charge in [0.15, 0.2) is 35.1 Å². The molecule has 2 aliphatic rings. The molecule has 0 amide bonds. The number of ether oxygens (including phenoxy) is 2. The van der Waals surface area contributed by atoms with Crippen molar-refractivity contribution >= 4 is 51.6 Å². The zero-order valence-electron chi connectivity index (χ0n) is 24.1. The number of anilines is 1. The lowest BCUT2D eigenvalue weighted by molar-refractivity contribution is -0.0607. The van der Waals surface area contributed by atoms with Gasteiger partial charge in [0.1, 0.15) is 48.5 Å². The molecule has 2 saturated heterocycles. The third kappa shape index (κ3) is 7.22. The van der Waals surface area contributed by atoms with Crippen LogP contribution in [0.5, 0.6) is 0 Å². The Kier molecular flexibility index (Phi) is 9.62. The Hall–Kier alpha value is -3.13. The number of phosphoric acid groups is 3. The highest BCUT2D eigenvalue weighted by Gasteiger charge is 2.50. The van der Waals surface area contributed by atoms with Crippen molar-refractivity contribution in [1.82, 2.24) is 39.0 Å². The molecule has 268 valence electrons. The van der Waals surface area contributed by atoms with E-state index < -0.39 is 91.3 Å². The van der Waals surface area contributed by atoms with Crippen LogP contribution in [0.3, 0.4) is 0 Å². The van der Waals surface area contributed by atoms with Crippen molar-refractivity contribution in [2.45, 2.75) is 49.1 Å². The summed E-state index contributed by atoms with van der Waals surface area (Å²) >= 11 is 0. The predicted molar refractivity (Wildman–Crippen MR) is 153 cm³/mol. The summed E-state index contributed by atoms with van der Waals surface area (Å²) in [5, 5.41) is 42.6. The van der Waals surface area contributed by atoms with E-state index >= 15 is 0 Å². The van der Waals surface area contributed by atoms with Crippen molar-refractivity contribution in [3.05, 3.63) is 35.7 Å². The summed E-state index contributed by atoms with van der Waals surface area (Å²) in [5.41, 5.74) is 5.20. The molecule has 2 fully saturated rings. The van der Waals surface area contributed by atoms with Crippen molar-refractivity contribution < 1.29 is 75.9 Å². The largest absolute Gasteiger partial charge is 0.490 e. The second-order valence-electron chi connectivity index (χ2n) is 10.4. The highest BCUT2D eigenvalue weighted by atomic mass is 31.3. The summed E-state index contributed by atoms with van der Waals surface area (Å²) in [4.78, 5) is 61.9. The Balaban J connectivity index is 1.19. The van der Waals surface area contributed by atoms with E-state index in [9.17, 15) is 43.8 Å². The maximum atomic E-state index is 13.6. The fraction of sp³-hybridized carbons (Fsp3) is 0.500. The van der Waals surface area contributed by atoms with E-state index in [2.05, 4.69) is 38.5 Å². The van der Waals surface area contributed by atoms with Crippen LogP contribution in [-0.2, 0) is 40.8 Å². The molecule has 49 heavy (non-hydrogen) atoms. The minimum absolute atomic E-state index is 0.00152. The number of nitrogens with zero attached hydrogens (tertiary/aromatic N) is 7. The molecule has 6 rings (SSSR count).